The number of halogens is 8. The van der Waals surface area contributed by atoms with E-state index in [9.17, 15) is 92.7 Å². The third kappa shape index (κ3) is 52.4. The van der Waals surface area contributed by atoms with Crippen LogP contribution in [-0.2, 0) is 71.8 Å². The second-order valence-electron chi connectivity index (χ2n) is 34.7. The number of allylic oxidation sites excluding steroid dienone is 4. The molecule has 20 nitrogen and oxygen atoms in total. The van der Waals surface area contributed by atoms with Crippen LogP contribution in [0, 0.1) is 47.3 Å². The van der Waals surface area contributed by atoms with Crippen molar-refractivity contribution in [2.24, 2.45) is 47.3 Å². The van der Waals surface area contributed by atoms with E-state index in [1.165, 1.54) is 12.2 Å². The Hall–Kier alpha value is -6.45. The number of rotatable bonds is 66. The minimum absolute atomic E-state index is 0.00862. The lowest BCUT2D eigenvalue weighted by molar-refractivity contribution is -0.196. The molecule has 123 heavy (non-hydrogen) atoms. The van der Waals surface area contributed by atoms with E-state index in [2.05, 4.69) is 0 Å². The molecule has 2 saturated carbocycles. The smallest absolute Gasteiger partial charge is 0.305 e. The first-order valence-electron chi connectivity index (χ1n) is 46.8. The highest BCUT2D eigenvalue weighted by Crippen LogP contribution is 2.43. The van der Waals surface area contributed by atoms with Crippen LogP contribution in [0.3, 0.4) is 0 Å². The van der Waals surface area contributed by atoms with E-state index in [0.717, 1.165) is 167 Å². The first kappa shape index (κ1) is 115. The Labute approximate surface area is 726 Å². The average molecular weight is 1770 g/mol. The molecule has 1 heterocycles. The van der Waals surface area contributed by atoms with Crippen LogP contribution >= 0.6 is 0 Å². The normalized spacial score (nSPS) is 20.7. The topological polar surface area (TPSA) is 342 Å². The van der Waals surface area contributed by atoms with Crippen molar-refractivity contribution < 1.29 is 132 Å². The fraction of sp³-hybridized carbons (Fsp3) is 0.821. The van der Waals surface area contributed by atoms with Crippen LogP contribution in [0.4, 0.5) is 35.1 Å². The average Bonchev–Trinajstić information content (AvgIpc) is 1.67. The highest BCUT2D eigenvalue weighted by Gasteiger charge is 2.47. The van der Waals surface area contributed by atoms with Crippen molar-refractivity contribution >= 4 is 76.1 Å². The second kappa shape index (κ2) is 66.0. The lowest BCUT2D eigenvalue weighted by Gasteiger charge is -2.30. The fourth-order valence-corrected chi connectivity index (χ4v) is 16.9. The lowest BCUT2D eigenvalue weighted by Crippen LogP contribution is -2.33. The molecule has 708 valence electrons. The molecule has 10 atom stereocenters. The molecule has 0 amide bonds. The van der Waals surface area contributed by atoms with Crippen LogP contribution in [0.25, 0.3) is 0 Å². The van der Waals surface area contributed by atoms with Crippen LogP contribution in [-0.4, -0.2) is 144 Å². The molecule has 0 radical (unpaired) electrons. The van der Waals surface area contributed by atoms with Gasteiger partial charge in [-0.3, -0.25) is 62.3 Å². The molecule has 28 heteroatoms. The Morgan fingerprint density at radius 3 is 1.00 bits per heavy atom. The number of carboxylic acid groups (broad SMARTS) is 5. The third-order valence-corrected chi connectivity index (χ3v) is 24.3. The number of carbonyl (C=O) groups excluding carboxylic acids is 8. The second-order valence-corrected chi connectivity index (χ2v) is 34.7. The van der Waals surface area contributed by atoms with Gasteiger partial charge in [-0.2, -0.15) is 35.1 Å². The predicted octanol–water partition coefficient (Wildman–Crippen LogP) is 24.0. The Kier molecular flexibility index (Phi) is 61.5. The first-order valence-corrected chi connectivity index (χ1v) is 46.8. The maximum atomic E-state index is 14.4. The number of ether oxygens (including phenoxy) is 2. The molecular weight excluding hydrogens is 1610 g/mol. The number of aliphatic carboxylic acids is 5. The molecule has 4 aliphatic carbocycles. The summed E-state index contributed by atoms with van der Waals surface area (Å²) < 4.78 is 125. The number of hydrogen-bond donors (Lipinski definition) is 5. The van der Waals surface area contributed by atoms with Gasteiger partial charge in [0.15, 0.2) is 17.9 Å². The van der Waals surface area contributed by atoms with Gasteiger partial charge in [-0.05, 0) is 164 Å². The minimum atomic E-state index is -3.32. The number of ketones is 8. The van der Waals surface area contributed by atoms with Gasteiger partial charge in [0, 0.05) is 127 Å². The number of alkyl halides is 8. The van der Waals surface area contributed by atoms with E-state index in [0.29, 0.717) is 116 Å². The molecule has 0 bridgehead atoms. The van der Waals surface area contributed by atoms with Crippen molar-refractivity contribution in [1.82, 2.24) is 0 Å². The van der Waals surface area contributed by atoms with Gasteiger partial charge >= 0.3 is 47.6 Å². The lowest BCUT2D eigenvalue weighted by atomic mass is 9.84. The summed E-state index contributed by atoms with van der Waals surface area (Å²) in [6.45, 7) is 9.73. The van der Waals surface area contributed by atoms with E-state index in [1.54, 1.807) is 12.2 Å². The summed E-state index contributed by atoms with van der Waals surface area (Å²) >= 11 is 0. The predicted molar refractivity (Wildman–Crippen MR) is 455 cm³/mol. The maximum Gasteiger partial charge on any atom is 0.305 e. The highest BCUT2D eigenvalue weighted by molar-refractivity contribution is 5.95. The zero-order valence-corrected chi connectivity index (χ0v) is 74.7. The summed E-state index contributed by atoms with van der Waals surface area (Å²) in [6, 6.07) is 0. The Morgan fingerprint density at radius 1 is 0.366 bits per heavy atom. The molecule has 5 N–H and O–H groups in total. The van der Waals surface area contributed by atoms with Gasteiger partial charge in [-0.25, -0.2) is 0 Å². The van der Waals surface area contributed by atoms with Crippen molar-refractivity contribution in [3.63, 3.8) is 0 Å². The quantitative estimate of drug-likeness (QED) is 0.0279. The summed E-state index contributed by atoms with van der Waals surface area (Å²) in [7, 11) is 0. The summed E-state index contributed by atoms with van der Waals surface area (Å²) in [6.07, 6.45) is 35.9. The van der Waals surface area contributed by atoms with Crippen molar-refractivity contribution in [2.45, 2.75) is 443 Å². The number of unbranched alkanes of at least 4 members (excludes halogenated alkanes) is 24. The monoisotopic (exact) mass is 1770 g/mol. The summed E-state index contributed by atoms with van der Waals surface area (Å²) in [5.41, 5.74) is 0. The number of hydrogen-bond acceptors (Lipinski definition) is 15. The van der Waals surface area contributed by atoms with Gasteiger partial charge < -0.3 is 35.0 Å². The number of Topliss-reactive ketones (excluding diaryl/α,β-unsaturated/α-hetero) is 6. The van der Waals surface area contributed by atoms with Crippen molar-refractivity contribution in [3.8, 4) is 0 Å². The molecule has 1 saturated heterocycles. The van der Waals surface area contributed by atoms with Gasteiger partial charge in [0.25, 0.3) is 5.97 Å². The van der Waals surface area contributed by atoms with E-state index >= 15 is 0 Å². The largest absolute Gasteiger partial charge is 0.481 e. The van der Waals surface area contributed by atoms with E-state index in [4.69, 9.17) is 39.8 Å². The van der Waals surface area contributed by atoms with Gasteiger partial charge in [-0.1, -0.05) is 194 Å². The molecule has 5 aliphatic rings. The zero-order valence-electron chi connectivity index (χ0n) is 74.7. The van der Waals surface area contributed by atoms with Gasteiger partial charge in [-0.15, -0.1) is 0 Å². The fourth-order valence-electron chi connectivity index (χ4n) is 16.9. The Bertz CT molecular complexity index is 3020. The number of carbonyl (C=O) groups is 13. The third-order valence-electron chi connectivity index (χ3n) is 24.3. The van der Waals surface area contributed by atoms with E-state index in [-0.39, 0.29) is 173 Å². The molecule has 3 fully saturated rings. The Balaban J connectivity index is 0.000000811. The van der Waals surface area contributed by atoms with Crippen LogP contribution in [0.1, 0.15) is 407 Å². The number of carboxylic acids is 5. The summed E-state index contributed by atoms with van der Waals surface area (Å²) in [4.78, 5) is 148. The van der Waals surface area contributed by atoms with Crippen molar-refractivity contribution in [1.29, 1.82) is 0 Å². The van der Waals surface area contributed by atoms with Crippen LogP contribution < -0.4 is 0 Å². The van der Waals surface area contributed by atoms with Gasteiger partial charge in [0.2, 0.25) is 23.1 Å². The van der Waals surface area contributed by atoms with E-state index < -0.39 is 89.2 Å². The van der Waals surface area contributed by atoms with Crippen LogP contribution in [0.2, 0.25) is 0 Å². The molecule has 0 aromatic carbocycles. The maximum absolute atomic E-state index is 14.4. The minimum Gasteiger partial charge on any atom is -0.481 e. The molecule has 0 aromatic heterocycles. The first-order chi connectivity index (χ1) is 58.3. The molecule has 5 rings (SSSR count). The standard InChI is InChI=1S/C27H44F2O6.C22H36F2O4.2C22H34F2O4.C2H4O2/c1-2-3-4-10-17-27(28,29)24(31)16-15-21-20(12-7-5-6-8-13-25(32)33)22(30)19-23(21)35-26-14-9-11-18-34-26;3*1-2-3-4-9-16-22(23,24)20(26)15-13-17-12-14-19(25)18(17)10-7-5-6-8-11-21(27)28;1-2(3)4/h20-21,23,26H,2-19H2,1H3,(H,32,33);17-18H,2-16H2,1H3,(H,27,28);2*12,14,17-18H,2-11,13,15-16H2,1H3,(H,27,28);1H3,(H,3,4)/t20?,21-,23-,26?;3*17-,18?;/m1111./s1. The van der Waals surface area contributed by atoms with Gasteiger partial charge in [0.1, 0.15) is 11.6 Å². The summed E-state index contributed by atoms with van der Waals surface area (Å²) in [5, 5.41) is 42.0. The SMILES string of the molecule is CC(=O)O.CCCCCCC(F)(F)C(=O)CC[C@@H]1C(CCCCCCC(=O)O)C(=O)C[C@H]1OC1CCCCO1.CCCCCCC(F)(F)C(=O)CC[C@H]1C=CC(=O)C1CCCCCCC(=O)O.CCCCCCC(F)(F)C(=O)CC[C@H]1C=CC(=O)C1CCCCCCC(=O)O.CCCCCCC(F)(F)C(=O)CC[C@H]1CCC(=O)C1CCCCCCC(=O)O. The zero-order chi connectivity index (χ0) is 92.2. The highest BCUT2D eigenvalue weighted by atomic mass is 19.3. The molecular formula is C95H152F8O20. The Morgan fingerprint density at radius 2 is 0.675 bits per heavy atom. The summed E-state index contributed by atoms with van der Waals surface area (Å²) in [5.74, 6) is -22.3. The molecule has 0 aromatic rings. The van der Waals surface area contributed by atoms with E-state index in [1.807, 2.05) is 27.7 Å². The van der Waals surface area contributed by atoms with Gasteiger partial charge in [0.05, 0.1) is 6.10 Å². The molecule has 5 unspecified atom stereocenters. The van der Waals surface area contributed by atoms with Crippen LogP contribution in [0.15, 0.2) is 24.3 Å². The molecule has 0 spiro atoms. The van der Waals surface area contributed by atoms with Crippen LogP contribution in [0.5, 0.6) is 0 Å². The molecule has 1 aliphatic heterocycles. The van der Waals surface area contributed by atoms with Crippen molar-refractivity contribution in [2.75, 3.05) is 6.61 Å². The van der Waals surface area contributed by atoms with Crippen molar-refractivity contribution in [3.05, 3.63) is 24.3 Å².